The Labute approximate surface area is 213 Å². The Morgan fingerprint density at radius 2 is 1.89 bits per heavy atom. The number of benzene rings is 2. The minimum absolute atomic E-state index is 0.257. The molecule has 2 heterocycles. The summed E-state index contributed by atoms with van der Waals surface area (Å²) in [7, 11) is 0. The van der Waals surface area contributed by atoms with E-state index in [1.165, 1.54) is 6.08 Å². The van der Waals surface area contributed by atoms with Crippen LogP contribution in [-0.2, 0) is 14.3 Å². The molecule has 1 aromatic heterocycles. The molecule has 0 saturated carbocycles. The molecule has 0 spiro atoms. The summed E-state index contributed by atoms with van der Waals surface area (Å²) < 4.78 is 16.4. The fourth-order valence-electron chi connectivity index (χ4n) is 3.68. The number of hydrogen-bond donors (Lipinski definition) is 1. The molecule has 0 atom stereocenters. The van der Waals surface area contributed by atoms with E-state index >= 15 is 0 Å². The average molecular weight is 515 g/mol. The molecule has 1 saturated heterocycles. The van der Waals surface area contributed by atoms with E-state index < -0.39 is 5.97 Å². The predicted octanol–water partition coefficient (Wildman–Crippen LogP) is 5.92. The van der Waals surface area contributed by atoms with Gasteiger partial charge >= 0.3 is 5.97 Å². The number of nitrogens with one attached hydrogen (secondary N) is 1. The molecule has 3 aromatic rings. The minimum Gasteiger partial charge on any atom is -0.462 e. The molecule has 1 amide bonds. The van der Waals surface area contributed by atoms with Gasteiger partial charge in [0.05, 0.1) is 36.1 Å². The fourth-order valence-corrected chi connectivity index (χ4v) is 4.19. The number of esters is 1. The van der Waals surface area contributed by atoms with Crippen LogP contribution in [0, 0.1) is 0 Å². The highest BCUT2D eigenvalue weighted by Gasteiger charge is 2.20. The van der Waals surface area contributed by atoms with Crippen LogP contribution in [0.15, 0.2) is 59.0 Å². The number of ether oxygens (including phenoxy) is 2. The van der Waals surface area contributed by atoms with Crippen molar-refractivity contribution >= 4 is 52.5 Å². The van der Waals surface area contributed by atoms with Crippen molar-refractivity contribution in [3.63, 3.8) is 0 Å². The third-order valence-corrected chi connectivity index (χ3v) is 5.88. The zero-order valence-corrected chi connectivity index (χ0v) is 20.6. The van der Waals surface area contributed by atoms with Crippen molar-refractivity contribution in [1.29, 1.82) is 0 Å². The molecule has 0 bridgehead atoms. The van der Waals surface area contributed by atoms with Gasteiger partial charge in [-0.2, -0.15) is 0 Å². The predicted molar refractivity (Wildman–Crippen MR) is 137 cm³/mol. The molecular weight excluding hydrogens is 491 g/mol. The van der Waals surface area contributed by atoms with Gasteiger partial charge in [0.2, 0.25) is 5.91 Å². The molecule has 4 rings (SSSR count). The second kappa shape index (κ2) is 11.4. The van der Waals surface area contributed by atoms with Gasteiger partial charge in [0.15, 0.2) is 0 Å². The van der Waals surface area contributed by atoms with E-state index in [2.05, 4.69) is 10.2 Å². The van der Waals surface area contributed by atoms with E-state index in [9.17, 15) is 9.59 Å². The van der Waals surface area contributed by atoms with Crippen molar-refractivity contribution in [3.05, 3.63) is 76.0 Å². The highest BCUT2D eigenvalue weighted by molar-refractivity contribution is 6.36. The molecular formula is C26H24Cl2N2O5. The quantitative estimate of drug-likeness (QED) is 0.311. The molecule has 0 aliphatic carbocycles. The van der Waals surface area contributed by atoms with Crippen molar-refractivity contribution in [1.82, 2.24) is 0 Å². The molecule has 0 radical (unpaired) electrons. The largest absolute Gasteiger partial charge is 0.462 e. The summed E-state index contributed by atoms with van der Waals surface area (Å²) in [5.74, 6) is 0.228. The lowest BCUT2D eigenvalue weighted by Crippen LogP contribution is -2.37. The molecule has 2 aromatic carbocycles. The van der Waals surface area contributed by atoms with Gasteiger partial charge in [-0.25, -0.2) is 4.79 Å². The van der Waals surface area contributed by atoms with Crippen LogP contribution in [0.25, 0.3) is 17.4 Å². The molecule has 9 heteroatoms. The molecule has 7 nitrogen and oxygen atoms in total. The number of nitrogens with zero attached hydrogens (tertiary/aromatic N) is 1. The van der Waals surface area contributed by atoms with Crippen molar-refractivity contribution in [2.24, 2.45) is 0 Å². The Balaban J connectivity index is 1.47. The monoisotopic (exact) mass is 514 g/mol. The number of anilines is 2. The van der Waals surface area contributed by atoms with E-state index in [0.29, 0.717) is 64.7 Å². The van der Waals surface area contributed by atoms with Crippen LogP contribution in [0.5, 0.6) is 0 Å². The Hall–Kier alpha value is -3.26. The number of hydrogen-bond acceptors (Lipinski definition) is 6. The molecule has 0 unspecified atom stereocenters. The number of carbonyl (C=O) groups excluding carboxylic acids is 2. The molecule has 1 aliphatic rings. The highest BCUT2D eigenvalue weighted by Crippen LogP contribution is 2.32. The number of halogens is 2. The van der Waals surface area contributed by atoms with E-state index in [4.69, 9.17) is 37.1 Å². The maximum atomic E-state index is 12.6. The van der Waals surface area contributed by atoms with Gasteiger partial charge in [0.1, 0.15) is 11.5 Å². The zero-order chi connectivity index (χ0) is 24.8. The first kappa shape index (κ1) is 24.9. The number of amides is 1. The van der Waals surface area contributed by atoms with Gasteiger partial charge in [-0.3, -0.25) is 4.79 Å². The van der Waals surface area contributed by atoms with E-state index in [0.717, 1.165) is 5.69 Å². The summed E-state index contributed by atoms with van der Waals surface area (Å²) in [4.78, 5) is 27.2. The van der Waals surface area contributed by atoms with Gasteiger partial charge in [-0.1, -0.05) is 23.2 Å². The lowest BCUT2D eigenvalue weighted by Gasteiger charge is -2.30. The third kappa shape index (κ3) is 6.25. The fraction of sp³-hybridized carbons (Fsp3) is 0.231. The van der Waals surface area contributed by atoms with Crippen molar-refractivity contribution in [2.45, 2.75) is 6.92 Å². The smallest absolute Gasteiger partial charge is 0.340 e. The molecule has 1 fully saturated rings. The second-order valence-electron chi connectivity index (χ2n) is 7.70. The molecule has 35 heavy (non-hydrogen) atoms. The molecule has 182 valence electrons. The first-order valence-corrected chi connectivity index (χ1v) is 11.9. The van der Waals surface area contributed by atoms with Crippen LogP contribution in [0.3, 0.4) is 0 Å². The van der Waals surface area contributed by atoms with Gasteiger partial charge < -0.3 is 24.1 Å². The van der Waals surface area contributed by atoms with E-state index in [1.54, 1.807) is 55.5 Å². The summed E-state index contributed by atoms with van der Waals surface area (Å²) in [6.07, 6.45) is 2.91. The van der Waals surface area contributed by atoms with Crippen LogP contribution < -0.4 is 10.2 Å². The summed E-state index contributed by atoms with van der Waals surface area (Å²) in [6.45, 7) is 4.53. The van der Waals surface area contributed by atoms with Gasteiger partial charge in [-0.15, -0.1) is 0 Å². The summed E-state index contributed by atoms with van der Waals surface area (Å²) in [5.41, 5.74) is 2.33. The van der Waals surface area contributed by atoms with Crippen LogP contribution >= 0.6 is 23.2 Å². The zero-order valence-electron chi connectivity index (χ0n) is 19.1. The number of morpholine rings is 1. The number of furan rings is 1. The lowest BCUT2D eigenvalue weighted by atomic mass is 10.1. The third-order valence-electron chi connectivity index (χ3n) is 5.33. The number of rotatable bonds is 7. The Morgan fingerprint density at radius 1 is 1.09 bits per heavy atom. The van der Waals surface area contributed by atoms with Crippen molar-refractivity contribution in [3.8, 4) is 11.3 Å². The van der Waals surface area contributed by atoms with Crippen LogP contribution in [0.1, 0.15) is 23.0 Å². The van der Waals surface area contributed by atoms with Crippen LogP contribution in [0.4, 0.5) is 11.4 Å². The summed E-state index contributed by atoms with van der Waals surface area (Å²) >= 11 is 12.2. The van der Waals surface area contributed by atoms with Gasteiger partial charge in [0, 0.05) is 35.4 Å². The molecule has 1 N–H and O–H groups in total. The number of carbonyl (C=O) groups is 2. The van der Waals surface area contributed by atoms with E-state index in [-0.39, 0.29) is 12.5 Å². The van der Waals surface area contributed by atoms with Crippen molar-refractivity contribution in [2.75, 3.05) is 43.1 Å². The summed E-state index contributed by atoms with van der Waals surface area (Å²) in [6, 6.07) is 13.8. The Kier molecular flexibility index (Phi) is 8.13. The SMILES string of the molecule is CCOC(=O)c1cc(NC(=O)C=Cc2ccc(-c3ccc(Cl)cc3Cl)o2)ccc1N1CCOCC1. The van der Waals surface area contributed by atoms with Crippen LogP contribution in [-0.4, -0.2) is 44.8 Å². The van der Waals surface area contributed by atoms with E-state index in [1.807, 2.05) is 6.07 Å². The Morgan fingerprint density at radius 3 is 2.63 bits per heavy atom. The maximum Gasteiger partial charge on any atom is 0.340 e. The second-order valence-corrected chi connectivity index (χ2v) is 8.54. The highest BCUT2D eigenvalue weighted by atomic mass is 35.5. The normalized spacial score (nSPS) is 13.7. The first-order valence-electron chi connectivity index (χ1n) is 11.1. The lowest BCUT2D eigenvalue weighted by molar-refractivity contribution is -0.111. The topological polar surface area (TPSA) is 81.0 Å². The van der Waals surface area contributed by atoms with Gasteiger partial charge in [-0.05, 0) is 61.5 Å². The average Bonchev–Trinajstić information content (AvgIpc) is 3.32. The summed E-state index contributed by atoms with van der Waals surface area (Å²) in [5, 5.41) is 3.78. The Bertz CT molecular complexity index is 1250. The molecule has 1 aliphatic heterocycles. The van der Waals surface area contributed by atoms with Crippen LogP contribution in [0.2, 0.25) is 10.0 Å². The maximum absolute atomic E-state index is 12.6. The van der Waals surface area contributed by atoms with Gasteiger partial charge in [0.25, 0.3) is 0 Å². The minimum atomic E-state index is -0.440. The standard InChI is InChI=1S/C26H24Cl2N2O5/c1-2-34-26(32)21-16-18(4-8-23(21)30-11-13-33-14-12-30)29-25(31)10-6-19-5-9-24(35-19)20-7-3-17(27)15-22(20)28/h3-10,15-16H,2,11-14H2,1H3,(H,29,31). The first-order chi connectivity index (χ1) is 16.9. The van der Waals surface area contributed by atoms with Crippen molar-refractivity contribution < 1.29 is 23.5 Å².